The lowest BCUT2D eigenvalue weighted by Crippen LogP contribution is -2.68. The van der Waals surface area contributed by atoms with Crippen LogP contribution in [0.2, 0.25) is 0 Å². The lowest BCUT2D eigenvalue weighted by atomic mass is 9.75. The summed E-state index contributed by atoms with van der Waals surface area (Å²) >= 11 is 1.17. The molecule has 0 bridgehead atoms. The quantitative estimate of drug-likeness (QED) is 0.185. The molecular weight excluding hydrogens is 681 g/mol. The highest BCUT2D eigenvalue weighted by atomic mass is 32.2. The van der Waals surface area contributed by atoms with Crippen molar-refractivity contribution < 1.29 is 44.2 Å². The van der Waals surface area contributed by atoms with Crippen molar-refractivity contribution in [1.29, 1.82) is 0 Å². The Labute approximate surface area is 278 Å². The molecule has 1 aromatic heterocycles. The third-order valence-electron chi connectivity index (χ3n) is 9.00. The molecule has 3 heterocycles. The number of benzene rings is 2. The van der Waals surface area contributed by atoms with E-state index in [-0.39, 0.29) is 39.4 Å². The molecule has 3 aliphatic rings. The highest BCUT2D eigenvalue weighted by molar-refractivity contribution is 7.90. The number of halogens is 6. The summed E-state index contributed by atoms with van der Waals surface area (Å²) in [6.07, 6.45) is -5.36. The third-order valence-corrected chi connectivity index (χ3v) is 11.3. The molecule has 2 aliphatic heterocycles. The van der Waals surface area contributed by atoms with Crippen LogP contribution in [-0.2, 0) is 21.0 Å². The number of ether oxygens (including phenoxy) is 2. The number of fused-ring (bicyclic) bond motifs is 1. The topological polar surface area (TPSA) is 79.9 Å². The van der Waals surface area contributed by atoms with Gasteiger partial charge in [0.15, 0.2) is 16.4 Å². The molecule has 0 unspecified atom stereocenters. The van der Waals surface area contributed by atoms with Gasteiger partial charge in [-0.2, -0.15) is 26.3 Å². The van der Waals surface area contributed by atoms with Crippen LogP contribution in [0.1, 0.15) is 36.1 Å². The zero-order valence-corrected chi connectivity index (χ0v) is 27.7. The van der Waals surface area contributed by atoms with Gasteiger partial charge >= 0.3 is 12.4 Å². The third kappa shape index (κ3) is 8.15. The number of hydrogen-bond donors (Lipinski definition) is 2. The van der Waals surface area contributed by atoms with Crippen LogP contribution < -0.4 is 15.4 Å². The molecule has 1 saturated carbocycles. The van der Waals surface area contributed by atoms with Crippen molar-refractivity contribution in [2.24, 2.45) is 5.41 Å². The maximum Gasteiger partial charge on any atom is 0.422 e. The predicted octanol–water partition coefficient (Wildman–Crippen LogP) is 6.87. The number of nitrogens with one attached hydrogen (secondary N) is 2. The standard InChI is InChI=1S/C33H35F6N3O4S2/c1-48(43,44)23-11-12-26(28(14-23)46-20-33(37,38)39)40-13-3-6-29-25(15-32(34,35)36)24-4-2-5-27(30(24)47-29)41-21-7-9-22(10-8-21)42-16-31(17-42)18-45-19-31/h2,4-5,11-12,14,21-22,40-41H,7-10,13,15-20H2,1H3. The maximum atomic E-state index is 13.7. The molecule has 7 nitrogen and oxygen atoms in total. The molecule has 0 radical (unpaired) electrons. The van der Waals surface area contributed by atoms with Crippen LogP contribution in [0.5, 0.6) is 5.75 Å². The van der Waals surface area contributed by atoms with Crippen molar-refractivity contribution in [1.82, 2.24) is 4.90 Å². The van der Waals surface area contributed by atoms with Gasteiger partial charge in [0.1, 0.15) is 5.75 Å². The molecule has 2 N–H and O–H groups in total. The van der Waals surface area contributed by atoms with Crippen molar-refractivity contribution >= 4 is 42.6 Å². The van der Waals surface area contributed by atoms with E-state index in [1.54, 1.807) is 12.1 Å². The van der Waals surface area contributed by atoms with E-state index in [1.165, 1.54) is 23.5 Å². The number of anilines is 2. The van der Waals surface area contributed by atoms with Crippen LogP contribution in [0.25, 0.3) is 10.1 Å². The van der Waals surface area contributed by atoms with Crippen LogP contribution >= 0.6 is 11.3 Å². The number of hydrogen-bond acceptors (Lipinski definition) is 8. The van der Waals surface area contributed by atoms with Crippen LogP contribution in [-0.4, -0.2) is 83.5 Å². The number of sulfone groups is 1. The minimum atomic E-state index is -4.66. The molecule has 260 valence electrons. The van der Waals surface area contributed by atoms with E-state index < -0.39 is 35.2 Å². The number of rotatable bonds is 9. The van der Waals surface area contributed by atoms with Gasteiger partial charge in [-0.05, 0) is 54.8 Å². The number of alkyl halides is 6. The molecule has 2 aromatic carbocycles. The highest BCUT2D eigenvalue weighted by Gasteiger charge is 2.50. The van der Waals surface area contributed by atoms with E-state index in [1.807, 2.05) is 6.07 Å². The van der Waals surface area contributed by atoms with Crippen molar-refractivity contribution in [3.63, 3.8) is 0 Å². The smallest absolute Gasteiger partial charge is 0.422 e. The molecule has 3 aromatic rings. The van der Waals surface area contributed by atoms with Gasteiger partial charge in [0.05, 0.1) is 52.0 Å². The molecule has 1 aliphatic carbocycles. The summed E-state index contributed by atoms with van der Waals surface area (Å²) in [4.78, 5) is 2.56. The molecule has 6 rings (SSSR count). The number of nitrogens with zero attached hydrogens (tertiary/aromatic N) is 1. The van der Waals surface area contributed by atoms with Gasteiger partial charge in [-0.3, -0.25) is 4.90 Å². The Hall–Kier alpha value is -3.19. The average molecular weight is 716 g/mol. The number of thiophene rings is 1. The first-order valence-corrected chi connectivity index (χ1v) is 18.2. The van der Waals surface area contributed by atoms with Gasteiger partial charge in [0, 0.05) is 42.9 Å². The largest absolute Gasteiger partial charge is 0.482 e. The molecule has 2 saturated heterocycles. The summed E-state index contributed by atoms with van der Waals surface area (Å²) in [5.41, 5.74) is 1.26. The summed E-state index contributed by atoms with van der Waals surface area (Å²) in [5, 5.41) is 6.86. The van der Waals surface area contributed by atoms with Crippen molar-refractivity contribution in [3.05, 3.63) is 46.8 Å². The zero-order chi connectivity index (χ0) is 34.3. The first kappa shape index (κ1) is 34.7. The van der Waals surface area contributed by atoms with Gasteiger partial charge < -0.3 is 20.1 Å². The molecule has 15 heteroatoms. The average Bonchev–Trinajstić information content (AvgIpc) is 3.29. The van der Waals surface area contributed by atoms with Crippen LogP contribution in [0.3, 0.4) is 0 Å². The van der Waals surface area contributed by atoms with Crippen LogP contribution in [0.15, 0.2) is 41.3 Å². The maximum absolute atomic E-state index is 13.7. The zero-order valence-electron chi connectivity index (χ0n) is 26.1. The first-order valence-electron chi connectivity index (χ1n) is 15.5. The number of likely N-dealkylation sites (tertiary alicyclic amines) is 1. The summed E-state index contributed by atoms with van der Waals surface area (Å²) in [7, 11) is -3.73. The summed E-state index contributed by atoms with van der Waals surface area (Å²) in [6.45, 7) is 2.09. The monoisotopic (exact) mass is 715 g/mol. The summed E-state index contributed by atoms with van der Waals surface area (Å²) in [6, 6.07) is 9.47. The van der Waals surface area contributed by atoms with E-state index in [9.17, 15) is 34.8 Å². The fraction of sp³-hybridized carbons (Fsp3) is 0.515. The van der Waals surface area contributed by atoms with Gasteiger partial charge in [0.25, 0.3) is 0 Å². The lowest BCUT2D eigenvalue weighted by molar-refractivity contribution is -0.200. The Bertz CT molecular complexity index is 1810. The molecular formula is C33H35F6N3O4S2. The highest BCUT2D eigenvalue weighted by Crippen LogP contribution is 2.43. The molecule has 1 spiro atoms. The molecule has 0 amide bonds. The molecule has 3 fully saturated rings. The Balaban J connectivity index is 1.17. The molecule has 0 atom stereocenters. The fourth-order valence-corrected chi connectivity index (χ4v) is 8.44. The normalized spacial score (nSPS) is 21.2. The summed E-state index contributed by atoms with van der Waals surface area (Å²) in [5.74, 6) is 5.26. The van der Waals surface area contributed by atoms with Gasteiger partial charge in [0.2, 0.25) is 0 Å². The van der Waals surface area contributed by atoms with Crippen LogP contribution in [0.4, 0.5) is 37.7 Å². The Morgan fingerprint density at radius 1 is 1.02 bits per heavy atom. The molecule has 48 heavy (non-hydrogen) atoms. The van der Waals surface area contributed by atoms with Gasteiger partial charge in [-0.1, -0.05) is 24.0 Å². The van der Waals surface area contributed by atoms with E-state index in [0.29, 0.717) is 21.5 Å². The Morgan fingerprint density at radius 3 is 2.38 bits per heavy atom. The van der Waals surface area contributed by atoms with Crippen LogP contribution in [0, 0.1) is 17.3 Å². The van der Waals surface area contributed by atoms with E-state index in [0.717, 1.165) is 70.0 Å². The Morgan fingerprint density at radius 2 is 1.75 bits per heavy atom. The van der Waals surface area contributed by atoms with E-state index in [4.69, 9.17) is 9.47 Å². The minimum Gasteiger partial charge on any atom is -0.482 e. The fourth-order valence-electron chi connectivity index (χ4n) is 6.64. The second-order valence-electron chi connectivity index (χ2n) is 12.9. The van der Waals surface area contributed by atoms with Gasteiger partial charge in [-0.15, -0.1) is 11.3 Å². The predicted molar refractivity (Wildman–Crippen MR) is 173 cm³/mol. The van der Waals surface area contributed by atoms with Crippen molar-refractivity contribution in [2.45, 2.75) is 61.4 Å². The lowest BCUT2D eigenvalue weighted by Gasteiger charge is -2.58. The van der Waals surface area contributed by atoms with Gasteiger partial charge in [-0.25, -0.2) is 8.42 Å². The van der Waals surface area contributed by atoms with E-state index >= 15 is 0 Å². The second kappa shape index (κ2) is 13.3. The Kier molecular flexibility index (Phi) is 9.58. The van der Waals surface area contributed by atoms with E-state index in [2.05, 4.69) is 27.4 Å². The van der Waals surface area contributed by atoms with Crippen molar-refractivity contribution in [2.75, 3.05) is 56.3 Å². The SMILES string of the molecule is CS(=O)(=O)c1ccc(NCC#Cc2sc3c(NC4CCC(N5CC6(COC6)C5)CC4)cccc3c2CC(F)(F)F)c(OCC(F)(F)F)c1. The first-order chi connectivity index (χ1) is 22.6. The summed E-state index contributed by atoms with van der Waals surface area (Å²) < 4.78 is 114. The minimum absolute atomic E-state index is 0.0553. The second-order valence-corrected chi connectivity index (χ2v) is 16.0. The van der Waals surface area contributed by atoms with Crippen molar-refractivity contribution in [3.8, 4) is 17.6 Å².